The third-order valence-electron chi connectivity index (χ3n) is 4.36. The van der Waals surface area contributed by atoms with Crippen molar-refractivity contribution in [3.05, 3.63) is 35.9 Å². The molecule has 130 valence electrons. The monoisotopic (exact) mass is 334 g/mol. The highest BCUT2D eigenvalue weighted by Gasteiger charge is 2.57. The lowest BCUT2D eigenvalue weighted by Gasteiger charge is -2.33. The lowest BCUT2D eigenvalue weighted by atomic mass is 10.1. The van der Waals surface area contributed by atoms with E-state index >= 15 is 0 Å². The van der Waals surface area contributed by atoms with E-state index in [1.165, 1.54) is 0 Å². The van der Waals surface area contributed by atoms with E-state index in [-0.39, 0.29) is 24.6 Å². The minimum absolute atomic E-state index is 0.151. The molecule has 0 amide bonds. The highest BCUT2D eigenvalue weighted by atomic mass is 16.9. The molecule has 1 aromatic rings. The van der Waals surface area contributed by atoms with E-state index in [1.807, 2.05) is 50.3 Å². The molecule has 0 unspecified atom stereocenters. The maximum absolute atomic E-state index is 6.02. The molecular formula is C18H22O6. The van der Waals surface area contributed by atoms with Crippen molar-refractivity contribution in [2.24, 2.45) is 0 Å². The van der Waals surface area contributed by atoms with E-state index in [0.29, 0.717) is 6.61 Å². The molecule has 0 bridgehead atoms. The molecule has 0 spiro atoms. The fourth-order valence-corrected chi connectivity index (χ4v) is 3.23. The molecule has 3 aliphatic heterocycles. The van der Waals surface area contributed by atoms with Crippen LogP contribution >= 0.6 is 0 Å². The first-order valence-electron chi connectivity index (χ1n) is 8.14. The molecule has 3 saturated heterocycles. The first-order chi connectivity index (χ1) is 11.5. The van der Waals surface area contributed by atoms with Crippen LogP contribution in [0.5, 0.6) is 5.75 Å². The number of benzene rings is 1. The van der Waals surface area contributed by atoms with Crippen molar-refractivity contribution in [3.8, 4) is 5.75 Å². The molecule has 0 radical (unpaired) electrons. The number of methoxy groups -OCH3 is 1. The molecule has 24 heavy (non-hydrogen) atoms. The van der Waals surface area contributed by atoms with E-state index in [0.717, 1.165) is 11.3 Å². The standard InChI is InChI=1S/C18H22O6/c1-18(2)23-16-15-13(21-17(16)24-18)10-20-14(22-15)9-6-11-4-7-12(19-3)8-5-11/h4-9,13-17H,10H2,1-3H3/b9-6+/t13-,14+,15+,16-,17-/m1/s1. The Morgan fingerprint density at radius 3 is 2.62 bits per heavy atom. The molecule has 6 heteroatoms. The summed E-state index contributed by atoms with van der Waals surface area (Å²) in [5.41, 5.74) is 1.05. The van der Waals surface area contributed by atoms with Crippen LogP contribution in [-0.4, -0.2) is 50.4 Å². The van der Waals surface area contributed by atoms with Crippen LogP contribution in [0.1, 0.15) is 19.4 Å². The molecule has 3 heterocycles. The molecule has 0 saturated carbocycles. The van der Waals surface area contributed by atoms with Crippen LogP contribution in [0.25, 0.3) is 6.08 Å². The molecule has 0 aliphatic carbocycles. The van der Waals surface area contributed by atoms with Gasteiger partial charge in [0.05, 0.1) is 13.7 Å². The summed E-state index contributed by atoms with van der Waals surface area (Å²) in [6.45, 7) is 4.22. The summed E-state index contributed by atoms with van der Waals surface area (Å²) in [5, 5.41) is 0. The Kier molecular flexibility index (Phi) is 4.10. The predicted molar refractivity (Wildman–Crippen MR) is 85.3 cm³/mol. The maximum atomic E-state index is 6.02. The Labute approximate surface area is 141 Å². The van der Waals surface area contributed by atoms with Gasteiger partial charge in [-0.05, 0) is 37.6 Å². The van der Waals surface area contributed by atoms with E-state index in [1.54, 1.807) is 7.11 Å². The zero-order valence-corrected chi connectivity index (χ0v) is 14.0. The molecule has 5 atom stereocenters. The first kappa shape index (κ1) is 16.1. The predicted octanol–water partition coefficient (Wildman–Crippen LogP) is 2.33. The van der Waals surface area contributed by atoms with Crippen molar-refractivity contribution in [2.75, 3.05) is 13.7 Å². The van der Waals surface area contributed by atoms with Gasteiger partial charge in [0, 0.05) is 0 Å². The van der Waals surface area contributed by atoms with E-state index in [4.69, 9.17) is 28.4 Å². The Morgan fingerprint density at radius 1 is 1.08 bits per heavy atom. The third kappa shape index (κ3) is 3.08. The van der Waals surface area contributed by atoms with Gasteiger partial charge in [0.2, 0.25) is 0 Å². The van der Waals surface area contributed by atoms with E-state index in [9.17, 15) is 0 Å². The normalized spacial score (nSPS) is 37.4. The maximum Gasteiger partial charge on any atom is 0.190 e. The summed E-state index contributed by atoms with van der Waals surface area (Å²) in [6.07, 6.45) is 2.49. The fraction of sp³-hybridized carbons (Fsp3) is 0.556. The van der Waals surface area contributed by atoms with Gasteiger partial charge >= 0.3 is 0 Å². The van der Waals surface area contributed by atoms with Crippen LogP contribution in [0.2, 0.25) is 0 Å². The summed E-state index contributed by atoms with van der Waals surface area (Å²) in [6, 6.07) is 7.79. The van der Waals surface area contributed by atoms with Gasteiger partial charge in [-0.2, -0.15) is 0 Å². The number of hydrogen-bond donors (Lipinski definition) is 0. The second-order valence-electron chi connectivity index (χ2n) is 6.58. The van der Waals surface area contributed by atoms with E-state index in [2.05, 4.69) is 0 Å². The smallest absolute Gasteiger partial charge is 0.190 e. The van der Waals surface area contributed by atoms with Crippen LogP contribution in [-0.2, 0) is 23.7 Å². The molecule has 1 aromatic carbocycles. The van der Waals surface area contributed by atoms with Crippen molar-refractivity contribution >= 4 is 6.08 Å². The molecule has 3 aliphatic rings. The summed E-state index contributed by atoms with van der Waals surface area (Å²) in [4.78, 5) is 0. The van der Waals surface area contributed by atoms with Crippen LogP contribution in [0.15, 0.2) is 30.3 Å². The largest absolute Gasteiger partial charge is 0.497 e. The Hall–Kier alpha value is -1.44. The zero-order valence-electron chi connectivity index (χ0n) is 14.0. The van der Waals surface area contributed by atoms with Crippen molar-refractivity contribution in [1.82, 2.24) is 0 Å². The van der Waals surface area contributed by atoms with Crippen molar-refractivity contribution in [1.29, 1.82) is 0 Å². The number of rotatable bonds is 3. The Bertz CT molecular complexity index is 610. The summed E-state index contributed by atoms with van der Waals surface area (Å²) < 4.78 is 34.4. The Morgan fingerprint density at radius 2 is 1.88 bits per heavy atom. The van der Waals surface area contributed by atoms with Crippen molar-refractivity contribution < 1.29 is 28.4 Å². The number of hydrogen-bond acceptors (Lipinski definition) is 6. The van der Waals surface area contributed by atoms with Gasteiger partial charge in [0.25, 0.3) is 0 Å². The van der Waals surface area contributed by atoms with Crippen LogP contribution in [0, 0.1) is 0 Å². The van der Waals surface area contributed by atoms with Gasteiger partial charge in [-0.15, -0.1) is 0 Å². The van der Waals surface area contributed by atoms with Gasteiger partial charge in [0.1, 0.15) is 24.1 Å². The molecule has 6 nitrogen and oxygen atoms in total. The van der Waals surface area contributed by atoms with Crippen LogP contribution in [0.3, 0.4) is 0 Å². The highest BCUT2D eigenvalue weighted by Crippen LogP contribution is 2.40. The van der Waals surface area contributed by atoms with Gasteiger partial charge in [-0.25, -0.2) is 0 Å². The topological polar surface area (TPSA) is 55.4 Å². The minimum atomic E-state index is -0.642. The van der Waals surface area contributed by atoms with Crippen molar-refractivity contribution in [2.45, 2.75) is 50.5 Å². The van der Waals surface area contributed by atoms with Gasteiger partial charge < -0.3 is 28.4 Å². The number of ether oxygens (including phenoxy) is 6. The average molecular weight is 334 g/mol. The number of fused-ring (bicyclic) bond motifs is 3. The van der Waals surface area contributed by atoms with Gasteiger partial charge in [-0.3, -0.25) is 0 Å². The molecule has 3 fully saturated rings. The molecule has 4 rings (SSSR count). The lowest BCUT2D eigenvalue weighted by molar-refractivity contribution is -0.270. The molecule has 0 N–H and O–H groups in total. The van der Waals surface area contributed by atoms with E-state index < -0.39 is 12.1 Å². The SMILES string of the molecule is COc1ccc(/C=C/[C@H]2OC[C@H]3O[C@@H]4OC(C)(C)O[C@@H]4[C@H]3O2)cc1. The van der Waals surface area contributed by atoms with Crippen molar-refractivity contribution in [3.63, 3.8) is 0 Å². The summed E-state index contributed by atoms with van der Waals surface area (Å²) >= 11 is 0. The average Bonchev–Trinajstić information content (AvgIpc) is 3.05. The zero-order chi connectivity index (χ0) is 16.7. The third-order valence-corrected chi connectivity index (χ3v) is 4.36. The summed E-state index contributed by atoms with van der Waals surface area (Å²) in [5.74, 6) is 0.187. The second kappa shape index (κ2) is 6.13. The van der Waals surface area contributed by atoms with Crippen LogP contribution < -0.4 is 4.74 Å². The Balaban J connectivity index is 1.40. The van der Waals surface area contributed by atoms with Crippen LogP contribution in [0.4, 0.5) is 0 Å². The second-order valence-corrected chi connectivity index (χ2v) is 6.58. The lowest BCUT2D eigenvalue weighted by Crippen LogP contribution is -2.46. The van der Waals surface area contributed by atoms with Gasteiger partial charge in [-0.1, -0.05) is 18.2 Å². The summed E-state index contributed by atoms with van der Waals surface area (Å²) in [7, 11) is 1.65. The highest BCUT2D eigenvalue weighted by molar-refractivity contribution is 5.50. The molecule has 0 aromatic heterocycles. The minimum Gasteiger partial charge on any atom is -0.497 e. The first-order valence-corrected chi connectivity index (χ1v) is 8.14. The quantitative estimate of drug-likeness (QED) is 0.846. The fourth-order valence-electron chi connectivity index (χ4n) is 3.23. The van der Waals surface area contributed by atoms with Gasteiger partial charge in [0.15, 0.2) is 18.4 Å². The molecular weight excluding hydrogens is 312 g/mol.